The number of para-hydroxylation sites is 1. The maximum atomic E-state index is 13.4. The lowest BCUT2D eigenvalue weighted by Gasteiger charge is -2.23. The zero-order valence-corrected chi connectivity index (χ0v) is 18.6. The summed E-state index contributed by atoms with van der Waals surface area (Å²) in [6.45, 7) is 6.15. The Morgan fingerprint density at radius 3 is 2.77 bits per heavy atom. The van der Waals surface area contributed by atoms with E-state index < -0.39 is 0 Å². The van der Waals surface area contributed by atoms with Gasteiger partial charge in [0.2, 0.25) is 5.91 Å². The van der Waals surface area contributed by atoms with E-state index in [0.29, 0.717) is 10.2 Å². The van der Waals surface area contributed by atoms with Crippen molar-refractivity contribution in [2.45, 2.75) is 39.8 Å². The Morgan fingerprint density at radius 2 is 1.97 bits per heavy atom. The van der Waals surface area contributed by atoms with Crippen LogP contribution in [0.4, 0.5) is 5.69 Å². The third-order valence-corrected chi connectivity index (χ3v) is 7.05. The van der Waals surface area contributed by atoms with E-state index in [0.717, 1.165) is 23.2 Å². The van der Waals surface area contributed by atoms with Crippen molar-refractivity contribution in [1.29, 1.82) is 0 Å². The summed E-state index contributed by atoms with van der Waals surface area (Å²) in [7, 11) is 0. The lowest BCUT2D eigenvalue weighted by atomic mass is 10.0. The van der Waals surface area contributed by atoms with E-state index in [1.807, 2.05) is 41.5 Å². The van der Waals surface area contributed by atoms with Crippen molar-refractivity contribution in [2.24, 2.45) is 0 Å². The van der Waals surface area contributed by atoms with Crippen LogP contribution in [-0.4, -0.2) is 21.5 Å². The summed E-state index contributed by atoms with van der Waals surface area (Å²) in [6.07, 6.45) is 2.32. The second-order valence-corrected chi connectivity index (χ2v) is 9.11. The zero-order valence-electron chi connectivity index (χ0n) is 17.8. The van der Waals surface area contributed by atoms with E-state index in [1.54, 1.807) is 0 Å². The number of amides is 1. The number of aryl methyl sites for hydroxylation is 2. The van der Waals surface area contributed by atoms with Crippen molar-refractivity contribution in [2.75, 3.05) is 4.90 Å². The highest BCUT2D eigenvalue weighted by atomic mass is 32.1. The van der Waals surface area contributed by atoms with Crippen LogP contribution in [-0.2, 0) is 17.8 Å². The summed E-state index contributed by atoms with van der Waals surface area (Å²) in [6, 6.07) is 14.2. The average molecular weight is 430 g/mol. The Labute approximate surface area is 184 Å². The molecule has 2 aromatic heterocycles. The van der Waals surface area contributed by atoms with Crippen LogP contribution in [0.3, 0.4) is 0 Å². The first-order valence-corrected chi connectivity index (χ1v) is 11.3. The number of aromatic nitrogens is 2. The van der Waals surface area contributed by atoms with E-state index in [9.17, 15) is 9.59 Å². The molecule has 0 bridgehead atoms. The Hall–Kier alpha value is -3.25. The largest absolute Gasteiger partial charge is 0.307 e. The van der Waals surface area contributed by atoms with Crippen LogP contribution in [0.5, 0.6) is 0 Å². The van der Waals surface area contributed by atoms with Crippen molar-refractivity contribution in [3.63, 3.8) is 0 Å². The van der Waals surface area contributed by atoms with Gasteiger partial charge in [-0.15, -0.1) is 11.3 Å². The first-order chi connectivity index (χ1) is 14.9. The quantitative estimate of drug-likeness (QED) is 0.474. The van der Waals surface area contributed by atoms with E-state index in [2.05, 4.69) is 37.0 Å². The Bertz CT molecular complexity index is 1390. The molecule has 31 heavy (non-hydrogen) atoms. The minimum Gasteiger partial charge on any atom is -0.307 e. The predicted octanol–water partition coefficient (Wildman–Crippen LogP) is 4.72. The Balaban J connectivity index is 1.53. The van der Waals surface area contributed by atoms with Crippen molar-refractivity contribution in [3.8, 4) is 11.1 Å². The summed E-state index contributed by atoms with van der Waals surface area (Å²) in [4.78, 5) is 33.6. The van der Waals surface area contributed by atoms with Crippen molar-refractivity contribution in [3.05, 3.63) is 81.2 Å². The van der Waals surface area contributed by atoms with Crippen molar-refractivity contribution < 1.29 is 4.79 Å². The van der Waals surface area contributed by atoms with Gasteiger partial charge in [-0.25, -0.2) is 4.98 Å². The summed E-state index contributed by atoms with van der Waals surface area (Å²) in [5.41, 5.74) is 6.20. The van der Waals surface area contributed by atoms with Crippen LogP contribution < -0.4 is 10.5 Å². The van der Waals surface area contributed by atoms with Gasteiger partial charge in [0.1, 0.15) is 11.4 Å². The molecule has 0 unspecified atom stereocenters. The molecule has 5 rings (SSSR count). The minimum atomic E-state index is -0.173. The molecule has 1 amide bonds. The van der Waals surface area contributed by atoms with E-state index in [1.165, 1.54) is 38.9 Å². The number of benzene rings is 2. The Kier molecular flexibility index (Phi) is 4.74. The van der Waals surface area contributed by atoms with Crippen LogP contribution in [0.25, 0.3) is 21.3 Å². The van der Waals surface area contributed by atoms with Crippen LogP contribution in [0.1, 0.15) is 23.6 Å². The zero-order chi connectivity index (χ0) is 21.7. The van der Waals surface area contributed by atoms with Gasteiger partial charge in [-0.2, -0.15) is 0 Å². The highest BCUT2D eigenvalue weighted by molar-refractivity contribution is 7.17. The number of rotatable bonds is 3. The molecule has 5 nitrogen and oxygen atoms in total. The molecular formula is C25H23N3O2S. The molecule has 3 heterocycles. The third kappa shape index (κ3) is 3.27. The molecule has 0 fully saturated rings. The van der Waals surface area contributed by atoms with Gasteiger partial charge in [0.25, 0.3) is 5.56 Å². The van der Waals surface area contributed by atoms with Gasteiger partial charge in [-0.05, 0) is 55.5 Å². The number of carbonyl (C=O) groups excluding carboxylic acids is 1. The lowest BCUT2D eigenvalue weighted by Crippen LogP contribution is -2.40. The van der Waals surface area contributed by atoms with Gasteiger partial charge in [0, 0.05) is 22.7 Å². The molecule has 6 heteroatoms. The Morgan fingerprint density at radius 1 is 1.16 bits per heavy atom. The fourth-order valence-electron chi connectivity index (χ4n) is 4.37. The number of fused-ring (bicyclic) bond motifs is 2. The molecule has 1 aliphatic heterocycles. The highest BCUT2D eigenvalue weighted by Crippen LogP contribution is 2.33. The highest BCUT2D eigenvalue weighted by Gasteiger charge is 2.30. The third-order valence-electron chi connectivity index (χ3n) is 6.16. The average Bonchev–Trinajstić information content (AvgIpc) is 3.33. The van der Waals surface area contributed by atoms with Gasteiger partial charge < -0.3 is 4.90 Å². The molecule has 1 atom stereocenters. The topological polar surface area (TPSA) is 55.2 Å². The maximum Gasteiger partial charge on any atom is 0.263 e. The second kappa shape index (κ2) is 7.46. The number of hydrogen-bond donors (Lipinski definition) is 0. The number of carbonyl (C=O) groups is 1. The monoisotopic (exact) mass is 429 g/mol. The van der Waals surface area contributed by atoms with Crippen molar-refractivity contribution >= 4 is 33.1 Å². The smallest absolute Gasteiger partial charge is 0.263 e. The van der Waals surface area contributed by atoms with Gasteiger partial charge in [0.15, 0.2) is 0 Å². The van der Waals surface area contributed by atoms with E-state index >= 15 is 0 Å². The summed E-state index contributed by atoms with van der Waals surface area (Å²) >= 11 is 1.46. The summed E-state index contributed by atoms with van der Waals surface area (Å²) < 4.78 is 1.44. The number of anilines is 1. The minimum absolute atomic E-state index is 0.0251. The fourth-order valence-corrected chi connectivity index (χ4v) is 5.28. The molecule has 0 saturated carbocycles. The summed E-state index contributed by atoms with van der Waals surface area (Å²) in [5, 5.41) is 2.56. The predicted molar refractivity (Wildman–Crippen MR) is 126 cm³/mol. The van der Waals surface area contributed by atoms with Crippen LogP contribution in [0, 0.1) is 13.8 Å². The molecule has 1 aliphatic rings. The first-order valence-electron chi connectivity index (χ1n) is 10.4. The fraction of sp³-hybridized carbons (Fsp3) is 0.240. The normalized spacial score (nSPS) is 15.5. The number of hydrogen-bond acceptors (Lipinski definition) is 4. The standard InChI is InChI=1S/C25H23N3O2S/c1-15-8-9-18(10-16(15)2)20-13-31-24-23(20)25(30)27(14-26-24)12-22(29)28-17(3)11-19-6-4-5-7-21(19)28/h4-10,13-14,17H,11-12H2,1-3H3/t17-/m1/s1. The van der Waals surface area contributed by atoms with Gasteiger partial charge in [-0.3, -0.25) is 14.2 Å². The van der Waals surface area contributed by atoms with E-state index in [4.69, 9.17) is 0 Å². The molecular weight excluding hydrogens is 406 g/mol. The first kappa shape index (κ1) is 19.7. The molecule has 4 aromatic rings. The van der Waals surface area contributed by atoms with Gasteiger partial charge in [-0.1, -0.05) is 36.4 Å². The molecule has 0 saturated heterocycles. The van der Waals surface area contributed by atoms with Gasteiger partial charge >= 0.3 is 0 Å². The summed E-state index contributed by atoms with van der Waals surface area (Å²) in [5.74, 6) is -0.0938. The lowest BCUT2D eigenvalue weighted by molar-refractivity contribution is -0.119. The molecule has 0 radical (unpaired) electrons. The molecule has 156 valence electrons. The van der Waals surface area contributed by atoms with E-state index in [-0.39, 0.29) is 24.1 Å². The molecule has 0 aliphatic carbocycles. The number of nitrogens with zero attached hydrogens (tertiary/aromatic N) is 3. The molecule has 0 N–H and O–H groups in total. The SMILES string of the molecule is Cc1ccc(-c2csc3ncn(CC(=O)N4c5ccccc5C[C@H]4C)c(=O)c23)cc1C. The van der Waals surface area contributed by atoms with Crippen molar-refractivity contribution in [1.82, 2.24) is 9.55 Å². The maximum absolute atomic E-state index is 13.4. The van der Waals surface area contributed by atoms with Gasteiger partial charge in [0.05, 0.1) is 11.7 Å². The van der Waals surface area contributed by atoms with Crippen LogP contribution in [0.15, 0.2) is 59.0 Å². The number of thiophene rings is 1. The molecule has 2 aromatic carbocycles. The second-order valence-electron chi connectivity index (χ2n) is 8.25. The van der Waals surface area contributed by atoms with Crippen LogP contribution >= 0.6 is 11.3 Å². The van der Waals surface area contributed by atoms with Crippen LogP contribution in [0.2, 0.25) is 0 Å². The molecule has 0 spiro atoms.